The van der Waals surface area contributed by atoms with Crippen LogP contribution in [0.2, 0.25) is 0 Å². The van der Waals surface area contributed by atoms with Crippen molar-refractivity contribution in [3.8, 4) is 0 Å². The Kier molecular flexibility index (Phi) is 3.72. The van der Waals surface area contributed by atoms with E-state index in [0.29, 0.717) is 0 Å². The average Bonchev–Trinajstić information content (AvgIpc) is 2.82. The minimum Gasteiger partial charge on any atom is -0.392 e. The molecule has 2 unspecified atom stereocenters. The van der Waals surface area contributed by atoms with E-state index < -0.39 is 0 Å². The summed E-state index contributed by atoms with van der Waals surface area (Å²) in [4.78, 5) is 0. The number of aryl methyl sites for hydroxylation is 1. The molecule has 1 N–H and O–H groups in total. The van der Waals surface area contributed by atoms with Crippen molar-refractivity contribution in [2.75, 3.05) is 0 Å². The first-order valence-electron chi connectivity index (χ1n) is 6.74. The maximum atomic E-state index is 10.5. The van der Waals surface area contributed by atoms with Crippen molar-refractivity contribution in [3.05, 3.63) is 69.7 Å². The lowest BCUT2D eigenvalue weighted by Crippen LogP contribution is -2.19. The Morgan fingerprint density at radius 2 is 2.00 bits per heavy atom. The molecule has 3 rings (SSSR count). The van der Waals surface area contributed by atoms with Gasteiger partial charge in [0.25, 0.3) is 0 Å². The molecule has 1 aliphatic rings. The molecule has 0 amide bonds. The van der Waals surface area contributed by atoms with Gasteiger partial charge in [0.2, 0.25) is 0 Å². The number of aliphatic hydroxyl groups is 1. The van der Waals surface area contributed by atoms with Gasteiger partial charge in [-0.05, 0) is 48.1 Å². The van der Waals surface area contributed by atoms with E-state index in [4.69, 9.17) is 0 Å². The summed E-state index contributed by atoms with van der Waals surface area (Å²) in [5.41, 5.74) is 3.93. The molecule has 2 atom stereocenters. The summed E-state index contributed by atoms with van der Waals surface area (Å²) in [6.45, 7) is 0. The van der Waals surface area contributed by atoms with E-state index in [9.17, 15) is 5.11 Å². The highest BCUT2D eigenvalue weighted by molar-refractivity contribution is 9.10. The topological polar surface area (TPSA) is 20.2 Å². The molecule has 0 heterocycles. The van der Waals surface area contributed by atoms with Crippen LogP contribution in [0.15, 0.2) is 53.0 Å². The van der Waals surface area contributed by atoms with Gasteiger partial charge in [0.1, 0.15) is 0 Å². The molecule has 1 nitrogen and oxygen atoms in total. The lowest BCUT2D eigenvalue weighted by atomic mass is 9.91. The monoisotopic (exact) mass is 316 g/mol. The minimum atomic E-state index is -0.294. The maximum Gasteiger partial charge on any atom is 0.0649 e. The van der Waals surface area contributed by atoms with E-state index in [-0.39, 0.29) is 12.0 Å². The van der Waals surface area contributed by atoms with E-state index in [2.05, 4.69) is 52.3 Å². The lowest BCUT2D eigenvalue weighted by molar-refractivity contribution is 0.143. The van der Waals surface area contributed by atoms with E-state index in [1.165, 1.54) is 16.7 Å². The van der Waals surface area contributed by atoms with Crippen LogP contribution < -0.4 is 0 Å². The number of hydrogen-bond donors (Lipinski definition) is 1. The van der Waals surface area contributed by atoms with E-state index in [1.807, 2.05) is 12.1 Å². The molecule has 0 spiro atoms. The molecule has 98 valence electrons. The van der Waals surface area contributed by atoms with Crippen LogP contribution in [0.4, 0.5) is 0 Å². The van der Waals surface area contributed by atoms with Crippen molar-refractivity contribution in [3.63, 3.8) is 0 Å². The predicted octanol–water partition coefficient (Wildman–Crippen LogP) is 4.08. The molecule has 0 saturated carbocycles. The summed E-state index contributed by atoms with van der Waals surface area (Å²) in [6.07, 6.45) is 2.58. The van der Waals surface area contributed by atoms with Crippen molar-refractivity contribution in [2.45, 2.75) is 31.3 Å². The first kappa shape index (κ1) is 12.9. The number of hydrogen-bond acceptors (Lipinski definition) is 1. The van der Waals surface area contributed by atoms with Gasteiger partial charge < -0.3 is 5.11 Å². The van der Waals surface area contributed by atoms with Crippen LogP contribution in [0.5, 0.6) is 0 Å². The van der Waals surface area contributed by atoms with Crippen LogP contribution in [0, 0.1) is 0 Å². The molecule has 0 saturated heterocycles. The third kappa shape index (κ3) is 2.75. The van der Waals surface area contributed by atoms with Crippen LogP contribution in [0.1, 0.15) is 29.0 Å². The van der Waals surface area contributed by atoms with Crippen LogP contribution in [0.25, 0.3) is 0 Å². The van der Waals surface area contributed by atoms with Crippen LogP contribution in [-0.2, 0) is 12.8 Å². The van der Waals surface area contributed by atoms with Gasteiger partial charge >= 0.3 is 0 Å². The molecular weight excluding hydrogens is 300 g/mol. The van der Waals surface area contributed by atoms with Gasteiger partial charge in [0.15, 0.2) is 0 Å². The highest BCUT2D eigenvalue weighted by Crippen LogP contribution is 2.36. The van der Waals surface area contributed by atoms with Gasteiger partial charge in [-0.25, -0.2) is 0 Å². The van der Waals surface area contributed by atoms with Gasteiger partial charge in [0.05, 0.1) is 6.10 Å². The minimum absolute atomic E-state index is 0.287. The Morgan fingerprint density at radius 1 is 1.16 bits per heavy atom. The van der Waals surface area contributed by atoms with Crippen molar-refractivity contribution < 1.29 is 5.11 Å². The smallest absolute Gasteiger partial charge is 0.0649 e. The Bertz CT molecular complexity index is 579. The number of benzene rings is 2. The Morgan fingerprint density at radius 3 is 2.84 bits per heavy atom. The Labute approximate surface area is 122 Å². The number of halogens is 1. The quantitative estimate of drug-likeness (QED) is 0.904. The Hall–Kier alpha value is -1.12. The molecule has 0 fully saturated rings. The summed E-state index contributed by atoms with van der Waals surface area (Å²) < 4.78 is 1.07. The summed E-state index contributed by atoms with van der Waals surface area (Å²) in [5.74, 6) is 0.287. The molecule has 0 radical (unpaired) electrons. The second-order valence-corrected chi connectivity index (χ2v) is 6.16. The first-order chi connectivity index (χ1) is 9.24. The molecule has 2 aromatic carbocycles. The standard InChI is InChI=1S/C17H17BrO/c18-14-6-3-4-12(10-14)11-17(19)16-9-8-13-5-1-2-7-15(13)16/h1-7,10,16-17,19H,8-9,11H2. The predicted molar refractivity (Wildman–Crippen MR) is 81.4 cm³/mol. The molecule has 2 aromatic rings. The number of aliphatic hydroxyl groups excluding tert-OH is 1. The van der Waals surface area contributed by atoms with Crippen molar-refractivity contribution in [1.29, 1.82) is 0 Å². The van der Waals surface area contributed by atoms with Gasteiger partial charge in [0, 0.05) is 10.4 Å². The van der Waals surface area contributed by atoms with Crippen molar-refractivity contribution in [2.24, 2.45) is 0 Å². The van der Waals surface area contributed by atoms with E-state index in [0.717, 1.165) is 23.7 Å². The molecule has 1 aliphatic carbocycles. The van der Waals surface area contributed by atoms with Gasteiger partial charge in [-0.1, -0.05) is 52.3 Å². The molecule has 0 bridgehead atoms. The molecule has 0 aromatic heterocycles. The second-order valence-electron chi connectivity index (χ2n) is 5.25. The largest absolute Gasteiger partial charge is 0.392 e. The lowest BCUT2D eigenvalue weighted by Gasteiger charge is -2.19. The fraction of sp³-hybridized carbons (Fsp3) is 0.294. The third-order valence-corrected chi connectivity index (χ3v) is 4.47. The van der Waals surface area contributed by atoms with Crippen LogP contribution >= 0.6 is 15.9 Å². The molecule has 0 aliphatic heterocycles. The van der Waals surface area contributed by atoms with Crippen molar-refractivity contribution in [1.82, 2.24) is 0 Å². The fourth-order valence-corrected chi connectivity index (χ4v) is 3.48. The average molecular weight is 317 g/mol. The molecule has 2 heteroatoms. The summed E-state index contributed by atoms with van der Waals surface area (Å²) >= 11 is 3.48. The van der Waals surface area contributed by atoms with Crippen LogP contribution in [-0.4, -0.2) is 11.2 Å². The summed E-state index contributed by atoms with van der Waals surface area (Å²) in [5, 5.41) is 10.5. The van der Waals surface area contributed by atoms with Gasteiger partial charge in [-0.15, -0.1) is 0 Å². The van der Waals surface area contributed by atoms with Crippen LogP contribution in [0.3, 0.4) is 0 Å². The zero-order valence-electron chi connectivity index (χ0n) is 10.7. The maximum absolute atomic E-state index is 10.5. The SMILES string of the molecule is OC(Cc1cccc(Br)c1)C1CCc2ccccc21. The summed E-state index contributed by atoms with van der Waals surface area (Å²) in [6, 6.07) is 16.7. The number of rotatable bonds is 3. The zero-order valence-corrected chi connectivity index (χ0v) is 12.3. The summed E-state index contributed by atoms with van der Waals surface area (Å²) in [7, 11) is 0. The fourth-order valence-electron chi connectivity index (χ4n) is 3.04. The highest BCUT2D eigenvalue weighted by Gasteiger charge is 2.28. The van der Waals surface area contributed by atoms with E-state index >= 15 is 0 Å². The van der Waals surface area contributed by atoms with Gasteiger partial charge in [-0.2, -0.15) is 0 Å². The first-order valence-corrected chi connectivity index (χ1v) is 7.53. The zero-order chi connectivity index (χ0) is 13.2. The normalized spacial score (nSPS) is 19.2. The van der Waals surface area contributed by atoms with E-state index in [1.54, 1.807) is 0 Å². The van der Waals surface area contributed by atoms with Gasteiger partial charge in [-0.3, -0.25) is 0 Å². The highest BCUT2D eigenvalue weighted by atomic mass is 79.9. The second kappa shape index (κ2) is 5.48. The Balaban J connectivity index is 1.77. The molecular formula is C17H17BrO. The third-order valence-electron chi connectivity index (χ3n) is 3.98. The van der Waals surface area contributed by atoms with Crippen molar-refractivity contribution >= 4 is 15.9 Å². The molecule has 19 heavy (non-hydrogen) atoms. The number of fused-ring (bicyclic) bond motifs is 1.